The van der Waals surface area contributed by atoms with Crippen molar-refractivity contribution in [1.82, 2.24) is 15.1 Å². The maximum atomic E-state index is 13.7. The highest BCUT2D eigenvalue weighted by Crippen LogP contribution is 2.40. The average molecular weight is 508 g/mol. The fourth-order valence-electron chi connectivity index (χ4n) is 4.51. The lowest BCUT2D eigenvalue weighted by Gasteiger charge is -2.32. The van der Waals surface area contributed by atoms with Gasteiger partial charge >= 0.3 is 6.18 Å². The summed E-state index contributed by atoms with van der Waals surface area (Å²) in [6, 6.07) is 17.3. The Morgan fingerprint density at radius 2 is 1.62 bits per heavy atom. The van der Waals surface area contributed by atoms with Crippen molar-refractivity contribution in [1.29, 1.82) is 0 Å². The molecule has 6 nitrogen and oxygen atoms in total. The maximum Gasteiger partial charge on any atom is 0.416 e. The molecular weight excluding hydrogens is 488 g/mol. The number of aryl methyl sites for hydroxylation is 1. The molecule has 1 aliphatic heterocycles. The van der Waals surface area contributed by atoms with Crippen molar-refractivity contribution in [3.8, 4) is 5.69 Å². The van der Waals surface area contributed by atoms with Gasteiger partial charge in [0.25, 0.3) is 5.91 Å². The molecule has 1 aromatic heterocycles. The summed E-state index contributed by atoms with van der Waals surface area (Å²) in [6.45, 7) is 1.76. The predicted molar refractivity (Wildman–Crippen MR) is 128 cm³/mol. The third-order valence-corrected chi connectivity index (χ3v) is 6.27. The van der Waals surface area contributed by atoms with Crippen LogP contribution >= 0.6 is 0 Å². The lowest BCUT2D eigenvalue weighted by molar-refractivity contribution is -0.137. The molecule has 1 aliphatic rings. The van der Waals surface area contributed by atoms with E-state index in [-0.39, 0.29) is 5.56 Å². The molecule has 0 saturated carbocycles. The van der Waals surface area contributed by atoms with Gasteiger partial charge in [0.05, 0.1) is 16.9 Å². The molecule has 4 aromatic rings. The zero-order chi connectivity index (χ0) is 26.3. The fraction of sp³-hybridized carbons (Fsp3) is 0.148. The van der Waals surface area contributed by atoms with E-state index in [1.807, 2.05) is 30.3 Å². The molecule has 0 aliphatic carbocycles. The van der Waals surface area contributed by atoms with Crippen LogP contribution in [0.2, 0.25) is 0 Å². The number of nitrogens with zero attached hydrogens (tertiary/aromatic N) is 2. The SMILES string of the molecule is Cc1nn(-c2ccccc2)c2c1[C@@H](c1ccc(F)cc1)[C@H](NC(=O)c1ccc(C(F)(F)F)cc1)C(=O)N2. The minimum absolute atomic E-state index is 0.0406. The number of halogens is 4. The number of para-hydroxylation sites is 1. The second-order valence-electron chi connectivity index (χ2n) is 8.64. The van der Waals surface area contributed by atoms with E-state index >= 15 is 0 Å². The number of nitrogens with one attached hydrogen (secondary N) is 2. The van der Waals surface area contributed by atoms with E-state index in [1.165, 1.54) is 24.3 Å². The quantitative estimate of drug-likeness (QED) is 0.371. The molecule has 2 atom stereocenters. The zero-order valence-corrected chi connectivity index (χ0v) is 19.4. The van der Waals surface area contributed by atoms with E-state index in [0.717, 1.165) is 24.3 Å². The highest BCUT2D eigenvalue weighted by atomic mass is 19.4. The summed E-state index contributed by atoms with van der Waals surface area (Å²) in [7, 11) is 0. The van der Waals surface area contributed by atoms with Gasteiger partial charge in [-0.05, 0) is 61.0 Å². The van der Waals surface area contributed by atoms with Crippen molar-refractivity contribution >= 4 is 17.6 Å². The van der Waals surface area contributed by atoms with Gasteiger partial charge < -0.3 is 10.6 Å². The van der Waals surface area contributed by atoms with Gasteiger partial charge in [0.15, 0.2) is 0 Å². The summed E-state index contributed by atoms with van der Waals surface area (Å²) >= 11 is 0. The zero-order valence-electron chi connectivity index (χ0n) is 19.4. The number of fused-ring (bicyclic) bond motifs is 1. The third kappa shape index (κ3) is 4.57. The van der Waals surface area contributed by atoms with Crippen molar-refractivity contribution in [2.75, 3.05) is 5.32 Å². The van der Waals surface area contributed by atoms with Crippen LogP contribution in [0.3, 0.4) is 0 Å². The number of hydrogen-bond acceptors (Lipinski definition) is 3. The van der Waals surface area contributed by atoms with Gasteiger partial charge in [-0.15, -0.1) is 0 Å². The van der Waals surface area contributed by atoms with Crippen LogP contribution < -0.4 is 10.6 Å². The standard InChI is InChI=1S/C27H20F4N4O2/c1-15-21-22(16-9-13-19(28)14-10-16)23(32-25(36)17-7-11-18(12-8-17)27(29,30)31)26(37)33-24(21)35(34-15)20-5-3-2-4-6-20/h2-14,22-23H,1H3,(H,32,36)(H,33,37)/t22-,23+/m1/s1. The number of alkyl halides is 3. The minimum Gasteiger partial charge on any atom is -0.339 e. The number of carbonyl (C=O) groups is 2. The first kappa shape index (κ1) is 24.2. The largest absolute Gasteiger partial charge is 0.416 e. The van der Waals surface area contributed by atoms with Crippen molar-refractivity contribution < 1.29 is 27.2 Å². The van der Waals surface area contributed by atoms with Crippen LogP contribution in [0.15, 0.2) is 78.9 Å². The topological polar surface area (TPSA) is 76.0 Å². The monoisotopic (exact) mass is 508 g/mol. The van der Waals surface area contributed by atoms with Gasteiger partial charge in [0, 0.05) is 17.0 Å². The smallest absolute Gasteiger partial charge is 0.339 e. The molecule has 0 fully saturated rings. The van der Waals surface area contributed by atoms with Crippen LogP contribution in [0.25, 0.3) is 5.69 Å². The van der Waals surface area contributed by atoms with E-state index < -0.39 is 41.3 Å². The molecule has 0 unspecified atom stereocenters. The molecule has 2 heterocycles. The van der Waals surface area contributed by atoms with E-state index in [1.54, 1.807) is 11.6 Å². The Kier molecular flexibility index (Phi) is 6.02. The predicted octanol–water partition coefficient (Wildman–Crippen LogP) is 5.22. The molecule has 3 aromatic carbocycles. The Bertz CT molecular complexity index is 1460. The Hall–Kier alpha value is -4.47. The normalized spacial score (nSPS) is 17.2. The Labute approximate surface area is 208 Å². The molecule has 5 rings (SSSR count). The molecule has 0 bridgehead atoms. The van der Waals surface area contributed by atoms with Gasteiger partial charge in [0.2, 0.25) is 5.91 Å². The second-order valence-corrected chi connectivity index (χ2v) is 8.64. The molecule has 0 radical (unpaired) electrons. The number of benzene rings is 3. The van der Waals surface area contributed by atoms with Crippen LogP contribution in [0, 0.1) is 12.7 Å². The Morgan fingerprint density at radius 1 is 0.973 bits per heavy atom. The molecular formula is C27H20F4N4O2. The summed E-state index contributed by atoms with van der Waals surface area (Å²) < 4.78 is 54.1. The lowest BCUT2D eigenvalue weighted by atomic mass is 9.82. The van der Waals surface area contributed by atoms with Gasteiger partial charge in [-0.25, -0.2) is 9.07 Å². The van der Waals surface area contributed by atoms with Crippen molar-refractivity contribution in [3.05, 3.63) is 113 Å². The molecule has 2 amide bonds. The van der Waals surface area contributed by atoms with E-state index in [0.29, 0.717) is 28.3 Å². The molecule has 37 heavy (non-hydrogen) atoms. The molecule has 10 heteroatoms. The van der Waals surface area contributed by atoms with Crippen LogP contribution in [0.5, 0.6) is 0 Å². The first-order valence-electron chi connectivity index (χ1n) is 11.3. The third-order valence-electron chi connectivity index (χ3n) is 6.27. The number of rotatable bonds is 4. The van der Waals surface area contributed by atoms with Crippen LogP contribution in [0.4, 0.5) is 23.4 Å². The molecule has 188 valence electrons. The average Bonchev–Trinajstić information content (AvgIpc) is 3.20. The number of carbonyl (C=O) groups excluding carboxylic acids is 2. The minimum atomic E-state index is -4.54. The summed E-state index contributed by atoms with van der Waals surface area (Å²) in [4.78, 5) is 26.4. The number of anilines is 1. The lowest BCUT2D eigenvalue weighted by Crippen LogP contribution is -2.50. The van der Waals surface area contributed by atoms with E-state index in [9.17, 15) is 27.2 Å². The Balaban J connectivity index is 1.56. The number of hydrogen-bond donors (Lipinski definition) is 2. The van der Waals surface area contributed by atoms with Crippen molar-refractivity contribution in [2.24, 2.45) is 0 Å². The molecule has 2 N–H and O–H groups in total. The van der Waals surface area contributed by atoms with E-state index in [2.05, 4.69) is 15.7 Å². The Morgan fingerprint density at radius 3 is 2.24 bits per heavy atom. The number of amides is 2. The van der Waals surface area contributed by atoms with Crippen molar-refractivity contribution in [3.63, 3.8) is 0 Å². The van der Waals surface area contributed by atoms with Gasteiger partial charge in [0.1, 0.15) is 17.7 Å². The van der Waals surface area contributed by atoms with Gasteiger partial charge in [-0.1, -0.05) is 30.3 Å². The fourth-order valence-corrected chi connectivity index (χ4v) is 4.51. The van der Waals surface area contributed by atoms with Crippen molar-refractivity contribution in [2.45, 2.75) is 25.1 Å². The van der Waals surface area contributed by atoms with Gasteiger partial charge in [-0.2, -0.15) is 18.3 Å². The van der Waals surface area contributed by atoms with Gasteiger partial charge in [-0.3, -0.25) is 9.59 Å². The maximum absolute atomic E-state index is 13.7. The summed E-state index contributed by atoms with van der Waals surface area (Å²) in [6.07, 6.45) is -4.54. The first-order valence-corrected chi connectivity index (χ1v) is 11.3. The van der Waals surface area contributed by atoms with Crippen LogP contribution in [-0.2, 0) is 11.0 Å². The first-order chi connectivity index (χ1) is 17.6. The second kappa shape index (κ2) is 9.20. The van der Waals surface area contributed by atoms with Crippen LogP contribution in [0.1, 0.15) is 38.7 Å². The summed E-state index contributed by atoms with van der Waals surface area (Å²) in [5, 5.41) is 10.1. The molecule has 0 spiro atoms. The highest BCUT2D eigenvalue weighted by molar-refractivity contribution is 6.04. The number of aromatic nitrogens is 2. The summed E-state index contributed by atoms with van der Waals surface area (Å²) in [5.74, 6) is -2.05. The van der Waals surface area contributed by atoms with E-state index in [4.69, 9.17) is 0 Å². The van der Waals surface area contributed by atoms with Crippen LogP contribution in [-0.4, -0.2) is 27.6 Å². The summed E-state index contributed by atoms with van der Waals surface area (Å²) in [5.41, 5.74) is 1.55. The molecule has 0 saturated heterocycles. The highest BCUT2D eigenvalue weighted by Gasteiger charge is 2.42.